The summed E-state index contributed by atoms with van der Waals surface area (Å²) in [5.41, 5.74) is 0.294. The van der Waals surface area contributed by atoms with E-state index in [1.54, 1.807) is 6.07 Å². The molecule has 2 N–H and O–H groups in total. The van der Waals surface area contributed by atoms with Gasteiger partial charge in [0.1, 0.15) is 0 Å². The lowest BCUT2D eigenvalue weighted by molar-refractivity contribution is 0.0937. The summed E-state index contributed by atoms with van der Waals surface area (Å²) in [6.07, 6.45) is 0. The van der Waals surface area contributed by atoms with Gasteiger partial charge in [0.05, 0.1) is 11.5 Å². The lowest BCUT2D eigenvalue weighted by Crippen LogP contribution is -2.27. The van der Waals surface area contributed by atoms with Crippen LogP contribution in [0.5, 0.6) is 0 Å². The Labute approximate surface area is 106 Å². The monoisotopic (exact) mass is 272 g/mol. The standard InChI is InChI=1S/C11H16N2O4S/c1-12-18(15,16)10-5-3-4-9(8-10)11(14)13-6-7-17-2/h3-5,8,12H,6-7H2,1-2H3,(H,13,14). The lowest BCUT2D eigenvalue weighted by Gasteiger charge is -2.06. The second-order valence-electron chi connectivity index (χ2n) is 3.48. The van der Waals surface area contributed by atoms with E-state index in [0.717, 1.165) is 0 Å². The highest BCUT2D eigenvalue weighted by Crippen LogP contribution is 2.10. The number of carbonyl (C=O) groups is 1. The van der Waals surface area contributed by atoms with Crippen molar-refractivity contribution in [3.8, 4) is 0 Å². The summed E-state index contributed by atoms with van der Waals surface area (Å²) in [5.74, 6) is -0.333. The fraction of sp³-hybridized carbons (Fsp3) is 0.364. The molecule has 100 valence electrons. The van der Waals surface area contributed by atoms with E-state index in [1.807, 2.05) is 0 Å². The van der Waals surface area contributed by atoms with Crippen LogP contribution in [-0.2, 0) is 14.8 Å². The molecule has 1 aromatic rings. The smallest absolute Gasteiger partial charge is 0.251 e. The van der Waals surface area contributed by atoms with Crippen LogP contribution < -0.4 is 10.0 Å². The maximum atomic E-state index is 11.7. The normalized spacial score (nSPS) is 11.2. The quantitative estimate of drug-likeness (QED) is 0.712. The molecule has 1 amide bonds. The highest BCUT2D eigenvalue weighted by molar-refractivity contribution is 7.89. The Balaban J connectivity index is 2.86. The van der Waals surface area contributed by atoms with Gasteiger partial charge in [-0.2, -0.15) is 0 Å². The van der Waals surface area contributed by atoms with Crippen molar-refractivity contribution >= 4 is 15.9 Å². The van der Waals surface area contributed by atoms with Crippen molar-refractivity contribution < 1.29 is 17.9 Å². The summed E-state index contributed by atoms with van der Waals surface area (Å²) in [6.45, 7) is 0.776. The fourth-order valence-electron chi connectivity index (χ4n) is 1.29. The molecule has 7 heteroatoms. The molecule has 6 nitrogen and oxygen atoms in total. The molecule has 0 bridgehead atoms. The molecule has 0 saturated carbocycles. The first-order valence-corrected chi connectivity index (χ1v) is 6.80. The zero-order valence-electron chi connectivity index (χ0n) is 10.3. The average molecular weight is 272 g/mol. The second-order valence-corrected chi connectivity index (χ2v) is 5.37. The predicted molar refractivity (Wildman–Crippen MR) is 66.9 cm³/mol. The van der Waals surface area contributed by atoms with E-state index in [4.69, 9.17) is 4.74 Å². The number of methoxy groups -OCH3 is 1. The van der Waals surface area contributed by atoms with Crippen molar-refractivity contribution in [1.29, 1.82) is 0 Å². The van der Waals surface area contributed by atoms with Gasteiger partial charge in [-0.05, 0) is 25.2 Å². The summed E-state index contributed by atoms with van der Waals surface area (Å²) in [5, 5.41) is 2.62. The number of rotatable bonds is 6. The van der Waals surface area contributed by atoms with Crippen LogP contribution in [0.2, 0.25) is 0 Å². The lowest BCUT2D eigenvalue weighted by atomic mass is 10.2. The molecule has 18 heavy (non-hydrogen) atoms. The zero-order valence-corrected chi connectivity index (χ0v) is 11.1. The number of benzene rings is 1. The van der Waals surface area contributed by atoms with Gasteiger partial charge in [-0.25, -0.2) is 13.1 Å². The molecule has 0 spiro atoms. The van der Waals surface area contributed by atoms with Crippen molar-refractivity contribution in [1.82, 2.24) is 10.0 Å². The first kappa shape index (κ1) is 14.6. The Hall–Kier alpha value is -1.44. The minimum Gasteiger partial charge on any atom is -0.383 e. The van der Waals surface area contributed by atoms with Gasteiger partial charge < -0.3 is 10.1 Å². The molecule has 0 aliphatic rings. The largest absolute Gasteiger partial charge is 0.383 e. The molecular weight excluding hydrogens is 256 g/mol. The molecule has 1 aromatic carbocycles. The van der Waals surface area contributed by atoms with Gasteiger partial charge in [-0.15, -0.1) is 0 Å². The van der Waals surface area contributed by atoms with Crippen LogP contribution in [0.15, 0.2) is 29.2 Å². The van der Waals surface area contributed by atoms with E-state index >= 15 is 0 Å². The minimum absolute atomic E-state index is 0.0596. The van der Waals surface area contributed by atoms with E-state index in [-0.39, 0.29) is 10.8 Å². The maximum Gasteiger partial charge on any atom is 0.251 e. The molecule has 0 atom stereocenters. The van der Waals surface area contributed by atoms with Crippen LogP contribution in [0, 0.1) is 0 Å². The molecule has 0 radical (unpaired) electrons. The van der Waals surface area contributed by atoms with Crippen LogP contribution in [0.4, 0.5) is 0 Å². The van der Waals surface area contributed by atoms with Crippen molar-refractivity contribution in [2.45, 2.75) is 4.90 Å². The highest BCUT2D eigenvalue weighted by atomic mass is 32.2. The molecule has 0 aliphatic carbocycles. The van der Waals surface area contributed by atoms with Gasteiger partial charge in [0.15, 0.2) is 0 Å². The molecule has 0 heterocycles. The molecule has 0 fully saturated rings. The highest BCUT2D eigenvalue weighted by Gasteiger charge is 2.13. The van der Waals surface area contributed by atoms with E-state index in [9.17, 15) is 13.2 Å². The Bertz CT molecular complexity index is 514. The Morgan fingerprint density at radius 1 is 1.39 bits per heavy atom. The number of amides is 1. The number of sulfonamides is 1. The summed E-state index contributed by atoms with van der Waals surface area (Å²) in [6, 6.07) is 5.83. The number of ether oxygens (including phenoxy) is 1. The minimum atomic E-state index is -3.53. The van der Waals surface area contributed by atoms with E-state index < -0.39 is 10.0 Å². The van der Waals surface area contributed by atoms with Crippen LogP contribution in [0.1, 0.15) is 10.4 Å². The first-order valence-electron chi connectivity index (χ1n) is 5.32. The van der Waals surface area contributed by atoms with Gasteiger partial charge in [-0.1, -0.05) is 6.07 Å². The number of nitrogens with one attached hydrogen (secondary N) is 2. The van der Waals surface area contributed by atoms with Crippen LogP contribution in [0.3, 0.4) is 0 Å². The molecule has 0 unspecified atom stereocenters. The van der Waals surface area contributed by atoms with Crippen molar-refractivity contribution in [2.75, 3.05) is 27.3 Å². The van der Waals surface area contributed by atoms with E-state index in [0.29, 0.717) is 18.7 Å². The van der Waals surface area contributed by atoms with Crippen molar-refractivity contribution in [3.05, 3.63) is 29.8 Å². The topological polar surface area (TPSA) is 84.5 Å². The van der Waals surface area contributed by atoms with Crippen LogP contribution in [-0.4, -0.2) is 41.6 Å². The van der Waals surface area contributed by atoms with Gasteiger partial charge in [0.25, 0.3) is 5.91 Å². The Morgan fingerprint density at radius 3 is 2.72 bits per heavy atom. The summed E-state index contributed by atoms with van der Waals surface area (Å²) in [4.78, 5) is 11.8. The van der Waals surface area contributed by atoms with E-state index in [1.165, 1.54) is 32.4 Å². The van der Waals surface area contributed by atoms with Gasteiger partial charge >= 0.3 is 0 Å². The first-order chi connectivity index (χ1) is 8.51. The summed E-state index contributed by atoms with van der Waals surface area (Å²) in [7, 11) is -0.680. The summed E-state index contributed by atoms with van der Waals surface area (Å²) < 4.78 is 30.1. The third-order valence-corrected chi connectivity index (χ3v) is 3.68. The van der Waals surface area contributed by atoms with Gasteiger partial charge in [0.2, 0.25) is 10.0 Å². The number of hydrogen-bond acceptors (Lipinski definition) is 4. The number of carbonyl (C=O) groups excluding carboxylic acids is 1. The second kappa shape index (κ2) is 6.48. The predicted octanol–water partition coefficient (Wildman–Crippen LogP) is -0.0291. The molecule has 0 saturated heterocycles. The molecule has 0 aliphatic heterocycles. The van der Waals surface area contributed by atoms with Crippen LogP contribution in [0.25, 0.3) is 0 Å². The third-order valence-electron chi connectivity index (χ3n) is 2.27. The summed E-state index contributed by atoms with van der Waals surface area (Å²) >= 11 is 0. The Morgan fingerprint density at radius 2 is 2.11 bits per heavy atom. The number of hydrogen-bond donors (Lipinski definition) is 2. The maximum absolute atomic E-state index is 11.7. The van der Waals surface area contributed by atoms with Gasteiger partial charge in [-0.3, -0.25) is 4.79 Å². The zero-order chi connectivity index (χ0) is 13.6. The Kier molecular flexibility index (Phi) is 5.26. The van der Waals surface area contributed by atoms with E-state index in [2.05, 4.69) is 10.0 Å². The van der Waals surface area contributed by atoms with Gasteiger partial charge in [0, 0.05) is 19.2 Å². The van der Waals surface area contributed by atoms with Crippen molar-refractivity contribution in [3.63, 3.8) is 0 Å². The molecule has 0 aromatic heterocycles. The fourth-order valence-corrected chi connectivity index (χ4v) is 2.07. The molecular formula is C11H16N2O4S. The molecule has 1 rings (SSSR count). The van der Waals surface area contributed by atoms with Crippen molar-refractivity contribution in [2.24, 2.45) is 0 Å². The van der Waals surface area contributed by atoms with Crippen LogP contribution >= 0.6 is 0 Å². The average Bonchev–Trinajstić information content (AvgIpc) is 2.39. The SMILES string of the molecule is CNS(=O)(=O)c1cccc(C(=O)NCCOC)c1. The third kappa shape index (κ3) is 3.80.